The van der Waals surface area contributed by atoms with E-state index in [-0.39, 0.29) is 38.5 Å². The fourth-order valence-corrected chi connectivity index (χ4v) is 4.01. The molecule has 0 aliphatic carbocycles. The Labute approximate surface area is 190 Å². The summed E-state index contributed by atoms with van der Waals surface area (Å²) in [6, 6.07) is 7.82. The molecule has 0 aliphatic heterocycles. The highest BCUT2D eigenvalue weighted by atomic mass is 35.5. The van der Waals surface area contributed by atoms with Gasteiger partial charge in [-0.2, -0.15) is 13.2 Å². The van der Waals surface area contributed by atoms with E-state index in [1.54, 1.807) is 0 Å². The van der Waals surface area contributed by atoms with Crippen LogP contribution in [0.1, 0.15) is 31.5 Å². The Bertz CT molecular complexity index is 1290. The highest BCUT2D eigenvalue weighted by molar-refractivity contribution is 6.32. The summed E-state index contributed by atoms with van der Waals surface area (Å²) in [5, 5.41) is 26.3. The first-order chi connectivity index (χ1) is 15.2. The van der Waals surface area contributed by atoms with E-state index in [2.05, 4.69) is 15.0 Å². The highest BCUT2D eigenvalue weighted by Gasteiger charge is 2.61. The lowest BCUT2D eigenvalue weighted by Gasteiger charge is -2.37. The molecule has 0 saturated heterocycles. The predicted molar refractivity (Wildman–Crippen MR) is 115 cm³/mol. The molecule has 0 saturated carbocycles. The van der Waals surface area contributed by atoms with Crippen molar-refractivity contribution in [1.29, 1.82) is 0 Å². The molecule has 0 aliphatic rings. The Morgan fingerprint density at radius 1 is 1.18 bits per heavy atom. The zero-order valence-corrected chi connectivity index (χ0v) is 18.5. The van der Waals surface area contributed by atoms with Gasteiger partial charge in [-0.25, -0.2) is 4.79 Å². The Balaban J connectivity index is 1.99. The molecular formula is C22H20ClF3N2O5. The lowest BCUT2D eigenvalue weighted by Crippen LogP contribution is -2.57. The second-order valence-corrected chi connectivity index (χ2v) is 8.71. The van der Waals surface area contributed by atoms with Crippen LogP contribution in [-0.2, 0) is 10.2 Å². The maximum absolute atomic E-state index is 14.0. The van der Waals surface area contributed by atoms with Crippen LogP contribution in [0, 0.1) is 6.92 Å². The van der Waals surface area contributed by atoms with Crippen molar-refractivity contribution in [3.05, 3.63) is 63.1 Å². The van der Waals surface area contributed by atoms with Crippen molar-refractivity contribution in [3.8, 4) is 5.75 Å². The van der Waals surface area contributed by atoms with Crippen LogP contribution < -0.4 is 10.9 Å². The van der Waals surface area contributed by atoms with Crippen LogP contribution in [0.15, 0.2) is 45.7 Å². The molecule has 0 radical (unpaired) electrons. The minimum Gasteiger partial charge on any atom is -0.506 e. The molecule has 0 fully saturated rings. The van der Waals surface area contributed by atoms with E-state index < -0.39 is 35.1 Å². The Kier molecular flexibility index (Phi) is 6.20. The molecule has 3 N–H and O–H groups in total. The average Bonchev–Trinajstić information content (AvgIpc) is 2.71. The molecule has 7 nitrogen and oxygen atoms in total. The molecule has 2 aromatic carbocycles. The number of carbonyl (C=O) groups is 1. The molecule has 1 unspecified atom stereocenters. The molecule has 1 heterocycles. The number of carbonyl (C=O) groups excluding carboxylic acids is 1. The van der Waals surface area contributed by atoms with Crippen molar-refractivity contribution in [2.75, 3.05) is 5.32 Å². The van der Waals surface area contributed by atoms with E-state index in [4.69, 9.17) is 11.6 Å². The Morgan fingerprint density at radius 2 is 1.85 bits per heavy atom. The van der Waals surface area contributed by atoms with E-state index in [1.165, 1.54) is 57.2 Å². The molecule has 0 bridgehead atoms. The summed E-state index contributed by atoms with van der Waals surface area (Å²) in [4.78, 5) is 24.5. The van der Waals surface area contributed by atoms with Crippen molar-refractivity contribution >= 4 is 34.0 Å². The summed E-state index contributed by atoms with van der Waals surface area (Å²) in [6.07, 6.45) is -6.43. The molecule has 33 heavy (non-hydrogen) atoms. The van der Waals surface area contributed by atoms with Gasteiger partial charge in [-0.3, -0.25) is 4.79 Å². The van der Waals surface area contributed by atoms with Crippen LogP contribution in [0.2, 0.25) is 5.02 Å². The quantitative estimate of drug-likeness (QED) is 0.493. The molecule has 176 valence electrons. The van der Waals surface area contributed by atoms with Gasteiger partial charge in [0, 0.05) is 17.5 Å². The molecule has 11 heteroatoms. The van der Waals surface area contributed by atoms with Gasteiger partial charge in [-0.15, -0.1) is 0 Å². The van der Waals surface area contributed by atoms with Gasteiger partial charge in [0.25, 0.3) is 5.91 Å². The van der Waals surface area contributed by atoms with E-state index in [0.29, 0.717) is 0 Å². The van der Waals surface area contributed by atoms with Crippen LogP contribution in [-0.4, -0.2) is 33.1 Å². The molecule has 1 atom stereocenters. The van der Waals surface area contributed by atoms with E-state index >= 15 is 0 Å². The van der Waals surface area contributed by atoms with Gasteiger partial charge in [0.15, 0.2) is 0 Å². The number of rotatable bonds is 5. The average molecular weight is 485 g/mol. The largest absolute Gasteiger partial charge is 0.506 e. The number of halogens is 4. The fourth-order valence-electron chi connectivity index (χ4n) is 3.63. The minimum absolute atomic E-state index is 0.0844. The SMILES string of the molecule is Cc1noc(=O)c2ccc(NC(=O)C(O)(CC(C)(C)c3cccc(O)c3Cl)C(F)(F)F)cc12. The van der Waals surface area contributed by atoms with Gasteiger partial charge in [0.2, 0.25) is 5.60 Å². The number of aliphatic hydroxyl groups is 1. The van der Waals surface area contributed by atoms with Crippen molar-refractivity contribution < 1.29 is 32.7 Å². The second kappa shape index (κ2) is 8.35. The number of alkyl halides is 3. The summed E-state index contributed by atoms with van der Waals surface area (Å²) in [5.41, 5.74) is -5.70. The monoisotopic (exact) mass is 484 g/mol. The first-order valence-electron chi connectivity index (χ1n) is 9.66. The molecule has 1 aromatic heterocycles. The van der Waals surface area contributed by atoms with Crippen molar-refractivity contribution in [3.63, 3.8) is 0 Å². The second-order valence-electron chi connectivity index (χ2n) is 8.33. The zero-order valence-electron chi connectivity index (χ0n) is 17.7. The summed E-state index contributed by atoms with van der Waals surface area (Å²) >= 11 is 6.06. The number of aryl methyl sites for hydroxylation is 1. The lowest BCUT2D eigenvalue weighted by molar-refractivity contribution is -0.254. The van der Waals surface area contributed by atoms with Crippen LogP contribution >= 0.6 is 11.6 Å². The van der Waals surface area contributed by atoms with Gasteiger partial charge in [-0.05, 0) is 42.2 Å². The Morgan fingerprint density at radius 3 is 2.48 bits per heavy atom. The highest BCUT2D eigenvalue weighted by Crippen LogP contribution is 2.45. The summed E-state index contributed by atoms with van der Waals surface area (Å²) in [7, 11) is 0. The van der Waals surface area contributed by atoms with Gasteiger partial charge in [0.05, 0.1) is 16.1 Å². The number of phenolic OH excluding ortho intramolecular Hbond substituents is 1. The van der Waals surface area contributed by atoms with Crippen LogP contribution in [0.4, 0.5) is 18.9 Å². The smallest absolute Gasteiger partial charge is 0.426 e. The number of nitrogens with zero attached hydrogens (tertiary/aromatic N) is 1. The molecular weight excluding hydrogens is 465 g/mol. The van der Waals surface area contributed by atoms with Gasteiger partial charge >= 0.3 is 11.8 Å². The maximum atomic E-state index is 14.0. The van der Waals surface area contributed by atoms with Crippen LogP contribution in [0.5, 0.6) is 5.75 Å². The molecule has 0 spiro atoms. The van der Waals surface area contributed by atoms with E-state index in [1.807, 2.05) is 0 Å². The van der Waals surface area contributed by atoms with Crippen LogP contribution in [0.3, 0.4) is 0 Å². The number of phenols is 1. The van der Waals surface area contributed by atoms with Crippen molar-refractivity contribution in [1.82, 2.24) is 5.16 Å². The number of nitrogens with one attached hydrogen (secondary N) is 1. The fraction of sp³-hybridized carbons (Fsp3) is 0.318. The number of hydrogen-bond donors (Lipinski definition) is 3. The molecule has 1 amide bonds. The van der Waals surface area contributed by atoms with Gasteiger partial charge in [-0.1, -0.05) is 42.7 Å². The number of fused-ring (bicyclic) bond motifs is 1. The third-order valence-corrected chi connectivity index (χ3v) is 5.80. The molecule has 3 aromatic rings. The predicted octanol–water partition coefficient (Wildman–Crippen LogP) is 4.46. The number of aromatic hydroxyl groups is 1. The number of hydrogen-bond acceptors (Lipinski definition) is 6. The topological polar surface area (TPSA) is 113 Å². The lowest BCUT2D eigenvalue weighted by atomic mass is 9.74. The third-order valence-electron chi connectivity index (χ3n) is 5.40. The maximum Gasteiger partial charge on any atom is 0.426 e. The standard InChI is InChI=1S/C22H20ClF3N2O5/c1-11-14-9-12(7-8-13(14)18(30)33-28-11)27-19(31)21(32,22(24,25)26)10-20(2,3)15-5-4-6-16(29)17(15)23/h4-9,29,32H,10H2,1-3H3,(H,27,31). The van der Waals surface area contributed by atoms with Crippen LogP contribution in [0.25, 0.3) is 10.8 Å². The van der Waals surface area contributed by atoms with Crippen molar-refractivity contribution in [2.24, 2.45) is 0 Å². The number of anilines is 1. The van der Waals surface area contributed by atoms with Gasteiger partial charge in [0.1, 0.15) is 5.75 Å². The summed E-state index contributed by atoms with van der Waals surface area (Å²) < 4.78 is 46.6. The molecule has 3 rings (SSSR count). The zero-order chi connectivity index (χ0) is 24.8. The first kappa shape index (κ1) is 24.5. The third kappa shape index (κ3) is 4.53. The van der Waals surface area contributed by atoms with E-state index in [0.717, 1.165) is 0 Å². The number of benzene rings is 2. The van der Waals surface area contributed by atoms with Crippen molar-refractivity contribution in [2.45, 2.75) is 44.4 Å². The Hall–Kier alpha value is -3.11. The number of aromatic nitrogens is 1. The first-order valence-corrected chi connectivity index (χ1v) is 10.0. The van der Waals surface area contributed by atoms with E-state index in [9.17, 15) is 33.0 Å². The number of amides is 1. The normalized spacial score (nSPS) is 14.2. The summed E-state index contributed by atoms with van der Waals surface area (Å²) in [6.45, 7) is 4.24. The summed E-state index contributed by atoms with van der Waals surface area (Å²) in [5.74, 6) is -2.06. The minimum atomic E-state index is -5.34. The van der Waals surface area contributed by atoms with Gasteiger partial charge < -0.3 is 20.1 Å².